The number of unbranched alkanes of at least 4 members (excludes halogenated alkanes) is 1. The van der Waals surface area contributed by atoms with Crippen LogP contribution >= 0.6 is 0 Å². The van der Waals surface area contributed by atoms with E-state index < -0.39 is 35.7 Å². The van der Waals surface area contributed by atoms with Gasteiger partial charge in [-0.2, -0.15) is 0 Å². The Morgan fingerprint density at radius 1 is 0.933 bits per heavy atom. The van der Waals surface area contributed by atoms with Crippen molar-refractivity contribution in [2.24, 2.45) is 51.4 Å². The zero-order valence-corrected chi connectivity index (χ0v) is 27.1. The first kappa shape index (κ1) is 37.7. The van der Waals surface area contributed by atoms with Gasteiger partial charge in [-0.15, -0.1) is 0 Å². The molecule has 0 saturated heterocycles. The zero-order chi connectivity index (χ0) is 33.5. The number of carbonyl (C=O) groups excluding carboxylic acids is 4. The molecule has 0 unspecified atom stereocenters. The summed E-state index contributed by atoms with van der Waals surface area (Å²) in [5, 5.41) is 13.0. The Morgan fingerprint density at radius 3 is 2.13 bits per heavy atom. The maximum atomic E-state index is 13.9. The quantitative estimate of drug-likeness (QED) is 0.0594. The van der Waals surface area contributed by atoms with Crippen LogP contribution in [0.25, 0.3) is 0 Å². The molecule has 45 heavy (non-hydrogen) atoms. The number of phenolic OH excluding ortho intramolecular Hbond substituents is 1. The van der Waals surface area contributed by atoms with Crippen molar-refractivity contribution < 1.29 is 24.3 Å². The maximum Gasteiger partial charge on any atom is 0.224 e. The van der Waals surface area contributed by atoms with Gasteiger partial charge in [0.25, 0.3) is 0 Å². The molecular weight excluding hydrogens is 574 g/mol. The summed E-state index contributed by atoms with van der Waals surface area (Å²) in [5.74, 6) is -2.45. The molecule has 12 heteroatoms. The number of phenols is 1. The molecule has 1 aliphatic carbocycles. The van der Waals surface area contributed by atoms with Crippen molar-refractivity contribution >= 4 is 29.3 Å². The van der Waals surface area contributed by atoms with Crippen LogP contribution in [0.2, 0.25) is 0 Å². The molecule has 0 aliphatic heterocycles. The number of benzene rings is 1. The minimum atomic E-state index is -0.845. The lowest BCUT2D eigenvalue weighted by Crippen LogP contribution is -2.46. The second-order valence-electron chi connectivity index (χ2n) is 12.7. The number of aryl methyl sites for hydroxylation is 2. The summed E-state index contributed by atoms with van der Waals surface area (Å²) in [6.07, 6.45) is 7.36. The first-order valence-corrected chi connectivity index (χ1v) is 16.3. The molecule has 0 heterocycles. The Labute approximate surface area is 267 Å². The first-order valence-electron chi connectivity index (χ1n) is 16.3. The van der Waals surface area contributed by atoms with E-state index in [9.17, 15) is 24.3 Å². The van der Waals surface area contributed by atoms with Crippen molar-refractivity contribution in [1.82, 2.24) is 5.32 Å². The Balaban J connectivity index is 2.26. The number of nitrogens with one attached hydrogen (secondary N) is 1. The number of primary amides is 1. The van der Waals surface area contributed by atoms with Gasteiger partial charge in [0.05, 0.1) is 12.1 Å². The van der Waals surface area contributed by atoms with Crippen molar-refractivity contribution in [2.45, 2.75) is 109 Å². The number of Topliss-reactive ketones (excluding diaryl/α,β-unsaturated/α-hetero) is 2. The molecule has 0 aromatic heterocycles. The number of nitrogens with two attached hydrogens (primary N) is 5. The highest BCUT2D eigenvalue weighted by atomic mass is 16.3. The number of guanidine groups is 1. The predicted molar refractivity (Wildman–Crippen MR) is 176 cm³/mol. The molecule has 0 spiro atoms. The van der Waals surface area contributed by atoms with Gasteiger partial charge in [-0.3, -0.25) is 24.2 Å². The highest BCUT2D eigenvalue weighted by molar-refractivity contribution is 5.94. The topological polar surface area (TPSA) is 243 Å². The number of aliphatic imine (C=N–C) groups is 1. The van der Waals surface area contributed by atoms with E-state index in [-0.39, 0.29) is 42.5 Å². The molecule has 2 rings (SSSR count). The van der Waals surface area contributed by atoms with Gasteiger partial charge in [-0.25, -0.2) is 0 Å². The first-order chi connectivity index (χ1) is 21.3. The second-order valence-corrected chi connectivity index (χ2v) is 12.7. The van der Waals surface area contributed by atoms with Gasteiger partial charge < -0.3 is 39.1 Å². The molecule has 0 bridgehead atoms. The summed E-state index contributed by atoms with van der Waals surface area (Å²) in [6.45, 7) is 4.44. The largest absolute Gasteiger partial charge is 0.508 e. The van der Waals surface area contributed by atoms with Gasteiger partial charge in [0.15, 0.2) is 11.7 Å². The van der Waals surface area contributed by atoms with E-state index in [4.69, 9.17) is 28.7 Å². The third-order valence-corrected chi connectivity index (χ3v) is 8.93. The van der Waals surface area contributed by atoms with Gasteiger partial charge in [0, 0.05) is 31.2 Å². The molecule has 1 aromatic carbocycles. The molecule has 4 atom stereocenters. The van der Waals surface area contributed by atoms with E-state index >= 15 is 0 Å². The third kappa shape index (κ3) is 13.2. The number of nitrogens with zero attached hydrogens (tertiary/aromatic N) is 1. The predicted octanol–water partition coefficient (Wildman–Crippen LogP) is 1.76. The van der Waals surface area contributed by atoms with E-state index in [2.05, 4.69) is 10.3 Å². The molecular formula is C33H55N7O5. The third-order valence-electron chi connectivity index (χ3n) is 8.93. The van der Waals surface area contributed by atoms with Crippen LogP contribution in [-0.2, 0) is 25.6 Å². The van der Waals surface area contributed by atoms with E-state index in [1.807, 2.05) is 13.8 Å². The fraction of sp³-hybridized carbons (Fsp3) is 0.667. The summed E-state index contributed by atoms with van der Waals surface area (Å²) in [4.78, 5) is 57.0. The normalized spacial score (nSPS) is 16.0. The highest BCUT2D eigenvalue weighted by Gasteiger charge is 2.32. The summed E-state index contributed by atoms with van der Waals surface area (Å²) in [5.41, 5.74) is 30.8. The number of amides is 2. The standard InChI is InChI=1S/C33H55N7O5/c1-20-14-25(41)15-21(2)26(20)17-24(19-29(42)27(35)10-7-13-39-33(37)38)32(45)40-28(11-5-6-12-34)30(43)18-23(31(36)44)16-22-8-3-4-9-22/h14-15,22-24,27-28,41H,3-13,16-19,34-35H2,1-2H3,(H2,36,44)(H,40,45)(H4,37,38,39)/t23-,24-,27-,28+/m1/s1. The van der Waals surface area contributed by atoms with Crippen LogP contribution in [0.3, 0.4) is 0 Å². The number of ketones is 2. The molecule has 1 aromatic rings. The van der Waals surface area contributed by atoms with Gasteiger partial charge in [-0.1, -0.05) is 25.7 Å². The average Bonchev–Trinajstić information content (AvgIpc) is 3.48. The van der Waals surface area contributed by atoms with Crippen LogP contribution in [0, 0.1) is 31.6 Å². The van der Waals surface area contributed by atoms with Crippen molar-refractivity contribution in [3.05, 3.63) is 28.8 Å². The zero-order valence-electron chi connectivity index (χ0n) is 27.1. The Bertz CT molecular complexity index is 1150. The molecule has 2 amide bonds. The van der Waals surface area contributed by atoms with Crippen molar-refractivity contribution in [3.8, 4) is 5.75 Å². The lowest BCUT2D eigenvalue weighted by Gasteiger charge is -2.25. The minimum absolute atomic E-state index is 0.0393. The summed E-state index contributed by atoms with van der Waals surface area (Å²) >= 11 is 0. The fourth-order valence-electron chi connectivity index (χ4n) is 6.30. The van der Waals surface area contributed by atoms with E-state index in [0.29, 0.717) is 57.5 Å². The van der Waals surface area contributed by atoms with E-state index in [0.717, 1.165) is 42.4 Å². The van der Waals surface area contributed by atoms with Crippen LogP contribution < -0.4 is 34.0 Å². The lowest BCUT2D eigenvalue weighted by atomic mass is 9.85. The molecule has 1 saturated carbocycles. The van der Waals surface area contributed by atoms with Crippen molar-refractivity contribution in [2.75, 3.05) is 13.1 Å². The lowest BCUT2D eigenvalue weighted by molar-refractivity contribution is -0.134. The van der Waals surface area contributed by atoms with E-state index in [1.165, 1.54) is 0 Å². The molecule has 12 nitrogen and oxygen atoms in total. The number of carbonyl (C=O) groups is 4. The molecule has 1 aliphatic rings. The fourth-order valence-corrected chi connectivity index (χ4v) is 6.30. The monoisotopic (exact) mass is 629 g/mol. The van der Waals surface area contributed by atoms with Crippen LogP contribution in [-0.4, -0.2) is 59.6 Å². The van der Waals surface area contributed by atoms with Crippen LogP contribution in [0.5, 0.6) is 5.75 Å². The van der Waals surface area contributed by atoms with Crippen LogP contribution in [0.4, 0.5) is 0 Å². The minimum Gasteiger partial charge on any atom is -0.508 e. The molecule has 1 fully saturated rings. The van der Waals surface area contributed by atoms with Gasteiger partial charge in [0.2, 0.25) is 11.8 Å². The maximum absolute atomic E-state index is 13.9. The highest BCUT2D eigenvalue weighted by Crippen LogP contribution is 2.32. The summed E-state index contributed by atoms with van der Waals surface area (Å²) in [6, 6.07) is 1.57. The molecule has 252 valence electrons. The van der Waals surface area contributed by atoms with Crippen molar-refractivity contribution in [3.63, 3.8) is 0 Å². The number of hydrogen-bond acceptors (Lipinski definition) is 8. The van der Waals surface area contributed by atoms with Gasteiger partial charge >= 0.3 is 0 Å². The molecule has 12 N–H and O–H groups in total. The van der Waals surface area contributed by atoms with Crippen LogP contribution in [0.1, 0.15) is 93.7 Å². The van der Waals surface area contributed by atoms with E-state index in [1.54, 1.807) is 12.1 Å². The smallest absolute Gasteiger partial charge is 0.224 e. The SMILES string of the molecule is Cc1cc(O)cc(C)c1C[C@H](CC(=O)[C@H](N)CCCN=C(N)N)C(=O)N[C@@H](CCCCN)C(=O)C[C@@H](CC1CCCC1)C(N)=O. The Kier molecular flexibility index (Phi) is 16.0. The van der Waals surface area contributed by atoms with Gasteiger partial charge in [-0.05, 0) is 100 Å². The summed E-state index contributed by atoms with van der Waals surface area (Å²) in [7, 11) is 0. The second kappa shape index (κ2) is 19.1. The average molecular weight is 630 g/mol. The summed E-state index contributed by atoms with van der Waals surface area (Å²) < 4.78 is 0. The van der Waals surface area contributed by atoms with Crippen molar-refractivity contribution in [1.29, 1.82) is 0 Å². The Morgan fingerprint density at radius 2 is 1.56 bits per heavy atom. The number of rotatable bonds is 21. The molecule has 0 radical (unpaired) electrons. The van der Waals surface area contributed by atoms with Crippen LogP contribution in [0.15, 0.2) is 17.1 Å². The number of aromatic hydroxyl groups is 1. The Hall–Kier alpha value is -3.51. The number of hydrogen-bond donors (Lipinski definition) is 7. The van der Waals surface area contributed by atoms with Gasteiger partial charge in [0.1, 0.15) is 11.5 Å².